The Hall–Kier alpha value is -6.25. The summed E-state index contributed by atoms with van der Waals surface area (Å²) in [6, 6.07) is 32.4. The third-order valence-corrected chi connectivity index (χ3v) is 9.69. The molecule has 6 aromatic heterocycles. The summed E-state index contributed by atoms with van der Waals surface area (Å²) < 4.78 is 17.6. The second-order valence-corrected chi connectivity index (χ2v) is 14.0. The number of aliphatic hydroxyl groups excluding tert-OH is 2. The van der Waals surface area contributed by atoms with Gasteiger partial charge in [0.25, 0.3) is 0 Å². The zero-order valence-electron chi connectivity index (χ0n) is 32.3. The molecule has 4 N–H and O–H groups in total. The number of nitrogens with zero attached hydrogens (tertiary/aromatic N) is 9. The molecule has 0 saturated carbocycles. The lowest BCUT2D eigenvalue weighted by Gasteiger charge is -2.23. The molecule has 8 rings (SSSR count). The van der Waals surface area contributed by atoms with Crippen LogP contribution in [0.25, 0.3) is 56.0 Å². The van der Waals surface area contributed by atoms with Crippen molar-refractivity contribution in [1.29, 1.82) is 0 Å². The number of fused-ring (bicyclic) bond motifs is 2. The first-order valence-electron chi connectivity index (χ1n) is 18.8. The molecule has 0 radical (unpaired) electrons. The van der Waals surface area contributed by atoms with Crippen LogP contribution in [0, 0.1) is 5.82 Å². The van der Waals surface area contributed by atoms with Crippen molar-refractivity contribution in [3.63, 3.8) is 0 Å². The summed E-state index contributed by atoms with van der Waals surface area (Å²) in [4.78, 5) is 20.5. The zero-order chi connectivity index (χ0) is 40.1. The normalized spacial score (nSPS) is 12.5. The highest BCUT2D eigenvalue weighted by molar-refractivity contribution is 5.86. The monoisotopic (exact) mass is 764 g/mol. The van der Waals surface area contributed by atoms with Crippen LogP contribution >= 0.6 is 0 Å². The number of aromatic nitrogens is 8. The summed E-state index contributed by atoms with van der Waals surface area (Å²) in [5, 5.41) is 29.4. The second kappa shape index (κ2) is 17.3. The largest absolute Gasteiger partial charge is 0.390 e. The van der Waals surface area contributed by atoms with Crippen LogP contribution in [-0.2, 0) is 13.2 Å². The second-order valence-electron chi connectivity index (χ2n) is 14.0. The van der Waals surface area contributed by atoms with Crippen molar-refractivity contribution in [2.24, 2.45) is 5.73 Å². The summed E-state index contributed by atoms with van der Waals surface area (Å²) in [5.41, 5.74) is 14.1. The number of nitrogens with two attached hydrogens (primary N) is 1. The third-order valence-electron chi connectivity index (χ3n) is 9.69. The highest BCUT2D eigenvalue weighted by Crippen LogP contribution is 2.29. The Morgan fingerprint density at radius 2 is 1.26 bits per heavy atom. The van der Waals surface area contributed by atoms with Crippen LogP contribution in [0.15, 0.2) is 116 Å². The number of halogens is 1. The molecule has 6 heterocycles. The molecule has 0 bridgehead atoms. The molecule has 0 fully saturated rings. The van der Waals surface area contributed by atoms with Gasteiger partial charge in [0.2, 0.25) is 0 Å². The summed E-state index contributed by atoms with van der Waals surface area (Å²) >= 11 is 0. The van der Waals surface area contributed by atoms with Crippen molar-refractivity contribution in [2.75, 3.05) is 14.1 Å². The minimum atomic E-state index is -0.514. The summed E-state index contributed by atoms with van der Waals surface area (Å²) in [5.74, 6) is 0.219. The van der Waals surface area contributed by atoms with Gasteiger partial charge >= 0.3 is 0 Å². The van der Waals surface area contributed by atoms with Crippen molar-refractivity contribution >= 4 is 21.8 Å². The number of benzene rings is 2. The van der Waals surface area contributed by atoms with E-state index in [1.807, 2.05) is 66.3 Å². The van der Waals surface area contributed by atoms with Gasteiger partial charge in [-0.15, -0.1) is 0 Å². The van der Waals surface area contributed by atoms with E-state index in [9.17, 15) is 14.6 Å². The third kappa shape index (κ3) is 8.47. The number of pyridine rings is 4. The van der Waals surface area contributed by atoms with Crippen molar-refractivity contribution < 1.29 is 14.6 Å². The van der Waals surface area contributed by atoms with Crippen LogP contribution in [-0.4, -0.2) is 68.7 Å². The van der Waals surface area contributed by atoms with E-state index in [-0.39, 0.29) is 25.1 Å². The van der Waals surface area contributed by atoms with E-state index < -0.39 is 5.82 Å². The molecule has 0 saturated heterocycles. The highest BCUT2D eigenvalue weighted by atomic mass is 19.1. The van der Waals surface area contributed by atoms with Gasteiger partial charge in [0.1, 0.15) is 0 Å². The number of hydrogen-bond acceptors (Lipinski definition) is 10. The van der Waals surface area contributed by atoms with Gasteiger partial charge < -0.3 is 20.8 Å². The standard InChI is InChI=1S/C24H27N5O.C20H18FN5O/c1-4-7-22(28(2)3)21-10-6-9-20(27-21)17-12-13-18-15-25-29(23(18)14-17)24-11-5-8-19(16-30)26-24;1-12(22)17-3-2-4-18(25-17)13-5-6-14-10-23-26(19(14)9-13)20-16(21)8-7-15(11-27)24-20/h5-6,8-15,22,30H,4,7,16H2,1-3H3;2-10,12,27H,11,22H2,1H3/t22-;12-/m00/s1. The zero-order valence-corrected chi connectivity index (χ0v) is 32.3. The minimum absolute atomic E-state index is 0.0472. The Labute approximate surface area is 330 Å². The van der Waals surface area contributed by atoms with Crippen LogP contribution in [0.2, 0.25) is 0 Å². The number of aliphatic hydroxyl groups is 2. The fourth-order valence-corrected chi connectivity index (χ4v) is 6.69. The molecule has 0 aliphatic heterocycles. The molecule has 2 aromatic carbocycles. The van der Waals surface area contributed by atoms with Crippen LogP contribution in [0.3, 0.4) is 0 Å². The SMILES string of the molecule is CCC[C@@H](c1cccc(-c2ccc3cnn(-c4cccc(CO)n4)c3c2)n1)N(C)C.C[C@H](N)c1cccc(-c2ccc3cnn(-c4nc(CO)ccc4F)c3c2)n1. The van der Waals surface area contributed by atoms with E-state index in [0.29, 0.717) is 28.8 Å². The maximum atomic E-state index is 14.3. The average molecular weight is 765 g/mol. The molecular weight excluding hydrogens is 720 g/mol. The quantitative estimate of drug-likeness (QED) is 0.120. The fraction of sp³-hybridized carbons (Fsp3) is 0.227. The Balaban J connectivity index is 0.000000175. The molecule has 0 aliphatic rings. The van der Waals surface area contributed by atoms with E-state index in [1.54, 1.807) is 12.3 Å². The Morgan fingerprint density at radius 1 is 0.684 bits per heavy atom. The summed E-state index contributed by atoms with van der Waals surface area (Å²) in [7, 11) is 4.21. The average Bonchev–Trinajstić information content (AvgIpc) is 3.87. The van der Waals surface area contributed by atoms with Crippen LogP contribution in [0.5, 0.6) is 0 Å². The smallest absolute Gasteiger partial charge is 0.190 e. The molecule has 2 atom stereocenters. The Bertz CT molecular complexity index is 2640. The first-order valence-corrected chi connectivity index (χ1v) is 18.8. The van der Waals surface area contributed by atoms with Gasteiger partial charge in [0, 0.05) is 27.9 Å². The molecule has 12 nitrogen and oxygen atoms in total. The van der Waals surface area contributed by atoms with E-state index >= 15 is 0 Å². The maximum Gasteiger partial charge on any atom is 0.190 e. The first kappa shape index (κ1) is 39.0. The summed E-state index contributed by atoms with van der Waals surface area (Å²) in [6.07, 6.45) is 5.67. The Morgan fingerprint density at radius 3 is 1.88 bits per heavy atom. The lowest BCUT2D eigenvalue weighted by atomic mass is 10.0. The molecular formula is C44H45FN10O2. The van der Waals surface area contributed by atoms with Gasteiger partial charge in [-0.2, -0.15) is 10.2 Å². The molecule has 0 unspecified atom stereocenters. The lowest BCUT2D eigenvalue weighted by molar-refractivity contribution is 0.276. The lowest BCUT2D eigenvalue weighted by Crippen LogP contribution is -2.20. The topological polar surface area (TPSA) is 157 Å². The summed E-state index contributed by atoms with van der Waals surface area (Å²) in [6.45, 7) is 3.72. The van der Waals surface area contributed by atoms with Gasteiger partial charge in [-0.05, 0) is 88.1 Å². The van der Waals surface area contributed by atoms with Crippen LogP contribution in [0.4, 0.5) is 4.39 Å². The van der Waals surface area contributed by atoms with Gasteiger partial charge in [-0.1, -0.05) is 55.8 Å². The van der Waals surface area contributed by atoms with Gasteiger partial charge in [0.15, 0.2) is 17.5 Å². The van der Waals surface area contributed by atoms with Crippen molar-refractivity contribution in [3.8, 4) is 34.2 Å². The minimum Gasteiger partial charge on any atom is -0.390 e. The fourth-order valence-electron chi connectivity index (χ4n) is 6.69. The molecule has 0 amide bonds. The van der Waals surface area contributed by atoms with Gasteiger partial charge in [-0.25, -0.2) is 23.7 Å². The van der Waals surface area contributed by atoms with E-state index in [0.717, 1.165) is 63.0 Å². The van der Waals surface area contributed by atoms with Gasteiger partial charge in [0.05, 0.1) is 76.8 Å². The molecule has 13 heteroatoms. The Kier molecular flexibility index (Phi) is 11.8. The van der Waals surface area contributed by atoms with Crippen LogP contribution < -0.4 is 5.73 Å². The number of rotatable bonds is 11. The van der Waals surface area contributed by atoms with Crippen LogP contribution in [0.1, 0.15) is 61.5 Å². The van der Waals surface area contributed by atoms with E-state index in [2.05, 4.69) is 87.5 Å². The molecule has 57 heavy (non-hydrogen) atoms. The predicted octanol–water partition coefficient (Wildman–Crippen LogP) is 7.51. The molecule has 290 valence electrons. The molecule has 0 spiro atoms. The van der Waals surface area contributed by atoms with E-state index in [4.69, 9.17) is 10.7 Å². The predicted molar refractivity (Wildman–Crippen MR) is 220 cm³/mol. The van der Waals surface area contributed by atoms with Crippen molar-refractivity contribution in [3.05, 3.63) is 144 Å². The van der Waals surface area contributed by atoms with Gasteiger partial charge in [-0.3, -0.25) is 9.97 Å². The maximum absolute atomic E-state index is 14.3. The van der Waals surface area contributed by atoms with Crippen molar-refractivity contribution in [1.82, 2.24) is 44.4 Å². The highest BCUT2D eigenvalue weighted by Gasteiger charge is 2.17. The van der Waals surface area contributed by atoms with Crippen molar-refractivity contribution in [2.45, 2.75) is 52.0 Å². The van der Waals surface area contributed by atoms with E-state index in [1.165, 1.54) is 16.8 Å². The first-order chi connectivity index (χ1) is 27.7. The molecule has 8 aromatic rings. The number of hydrogen-bond donors (Lipinski definition) is 3. The molecule has 0 aliphatic carbocycles.